The predicted molar refractivity (Wildman–Crippen MR) is 116 cm³/mol. The minimum absolute atomic E-state index is 0.00487. The topological polar surface area (TPSA) is 40.6 Å². The maximum atomic E-state index is 13.7. The van der Waals surface area contributed by atoms with Crippen molar-refractivity contribution in [2.75, 3.05) is 16.3 Å². The first-order valence-electron chi connectivity index (χ1n) is 9.47. The van der Waals surface area contributed by atoms with Gasteiger partial charge in [0, 0.05) is 16.4 Å². The molecular weight excluding hydrogens is 384 g/mol. The lowest BCUT2D eigenvalue weighted by molar-refractivity contribution is -0.128. The fourth-order valence-electron chi connectivity index (χ4n) is 3.75. The van der Waals surface area contributed by atoms with Gasteiger partial charge in [-0.25, -0.2) is 0 Å². The molecule has 5 heteroatoms. The summed E-state index contributed by atoms with van der Waals surface area (Å²) < 4.78 is 0. The van der Waals surface area contributed by atoms with Crippen molar-refractivity contribution in [2.45, 2.75) is 19.9 Å². The van der Waals surface area contributed by atoms with Crippen molar-refractivity contribution in [3.05, 3.63) is 94.5 Å². The molecule has 29 heavy (non-hydrogen) atoms. The molecule has 0 aliphatic carbocycles. The summed E-state index contributed by atoms with van der Waals surface area (Å²) in [5.41, 5.74) is 4.29. The minimum atomic E-state index is -0.737. The molecule has 4 rings (SSSR count). The number of rotatable bonds is 3. The van der Waals surface area contributed by atoms with Crippen LogP contribution in [0.1, 0.15) is 22.7 Å². The highest BCUT2D eigenvalue weighted by Gasteiger charge is 2.42. The van der Waals surface area contributed by atoms with E-state index in [9.17, 15) is 9.59 Å². The van der Waals surface area contributed by atoms with Gasteiger partial charge in [0.2, 0.25) is 5.91 Å². The van der Waals surface area contributed by atoms with Gasteiger partial charge in [-0.15, -0.1) is 0 Å². The third-order valence-corrected chi connectivity index (χ3v) is 5.66. The molecule has 0 saturated carbocycles. The van der Waals surface area contributed by atoms with Crippen LogP contribution in [0.4, 0.5) is 11.4 Å². The lowest BCUT2D eigenvalue weighted by atomic mass is 9.98. The highest BCUT2D eigenvalue weighted by atomic mass is 35.5. The standard InChI is InChI=1S/C24H21ClN2O2/c1-16-7-6-10-21(17(16)2)26-15-22(28)27(20-13-11-19(25)12-14-20)23(24(26)29)18-8-4-3-5-9-18/h3-14,23H,15H2,1-2H3/t23-/m0/s1. The summed E-state index contributed by atoms with van der Waals surface area (Å²) in [4.78, 5) is 30.2. The summed E-state index contributed by atoms with van der Waals surface area (Å²) in [6.07, 6.45) is 0. The molecule has 0 N–H and O–H groups in total. The van der Waals surface area contributed by atoms with Crippen LogP contribution in [0.5, 0.6) is 0 Å². The molecule has 1 aliphatic heterocycles. The smallest absolute Gasteiger partial charge is 0.255 e. The van der Waals surface area contributed by atoms with Crippen molar-refractivity contribution in [1.82, 2.24) is 0 Å². The summed E-state index contributed by atoms with van der Waals surface area (Å²) in [5.74, 6) is -0.263. The number of carbonyl (C=O) groups excluding carboxylic acids is 2. The van der Waals surface area contributed by atoms with E-state index in [2.05, 4.69) is 0 Å². The Balaban J connectivity index is 1.83. The van der Waals surface area contributed by atoms with E-state index in [-0.39, 0.29) is 18.4 Å². The summed E-state index contributed by atoms with van der Waals surface area (Å²) in [7, 11) is 0. The molecule has 4 nitrogen and oxygen atoms in total. The van der Waals surface area contributed by atoms with Gasteiger partial charge in [-0.2, -0.15) is 0 Å². The number of halogens is 1. The third-order valence-electron chi connectivity index (χ3n) is 5.41. The Hall–Kier alpha value is -3.11. The Kier molecular flexibility index (Phi) is 5.12. The fourth-order valence-corrected chi connectivity index (χ4v) is 3.87. The highest BCUT2D eigenvalue weighted by Crippen LogP contribution is 2.36. The van der Waals surface area contributed by atoms with Gasteiger partial charge in [-0.1, -0.05) is 54.1 Å². The van der Waals surface area contributed by atoms with Crippen molar-refractivity contribution in [1.29, 1.82) is 0 Å². The Bertz CT molecular complexity index is 1060. The largest absolute Gasteiger partial charge is 0.301 e. The van der Waals surface area contributed by atoms with Crippen LogP contribution >= 0.6 is 11.6 Å². The van der Waals surface area contributed by atoms with Gasteiger partial charge in [-0.05, 0) is 60.9 Å². The van der Waals surface area contributed by atoms with Gasteiger partial charge in [0.05, 0.1) is 0 Å². The van der Waals surface area contributed by atoms with E-state index in [4.69, 9.17) is 11.6 Å². The van der Waals surface area contributed by atoms with E-state index in [0.717, 1.165) is 22.4 Å². The summed E-state index contributed by atoms with van der Waals surface area (Å²) in [5, 5.41) is 0.581. The van der Waals surface area contributed by atoms with Gasteiger partial charge < -0.3 is 4.90 Å². The number of anilines is 2. The average molecular weight is 405 g/mol. The Morgan fingerprint density at radius 3 is 2.24 bits per heavy atom. The van der Waals surface area contributed by atoms with E-state index in [0.29, 0.717) is 10.7 Å². The molecule has 1 atom stereocenters. The van der Waals surface area contributed by atoms with Crippen LogP contribution in [0.15, 0.2) is 72.8 Å². The van der Waals surface area contributed by atoms with Crippen LogP contribution in [0.25, 0.3) is 0 Å². The first-order chi connectivity index (χ1) is 14.0. The van der Waals surface area contributed by atoms with Crippen LogP contribution < -0.4 is 9.80 Å². The second kappa shape index (κ2) is 7.72. The van der Waals surface area contributed by atoms with Crippen molar-refractivity contribution >= 4 is 34.8 Å². The molecule has 0 bridgehead atoms. The van der Waals surface area contributed by atoms with E-state index in [1.807, 2.05) is 62.4 Å². The summed E-state index contributed by atoms with van der Waals surface area (Å²) in [6.45, 7) is 3.98. The quantitative estimate of drug-likeness (QED) is 0.610. The van der Waals surface area contributed by atoms with Gasteiger partial charge >= 0.3 is 0 Å². The molecule has 3 aromatic rings. The third kappa shape index (κ3) is 3.52. The van der Waals surface area contributed by atoms with Crippen LogP contribution in [0.3, 0.4) is 0 Å². The fraction of sp³-hybridized carbons (Fsp3) is 0.167. The molecule has 0 unspecified atom stereocenters. The van der Waals surface area contributed by atoms with Crippen molar-refractivity contribution < 1.29 is 9.59 Å². The van der Waals surface area contributed by atoms with E-state index >= 15 is 0 Å². The van der Waals surface area contributed by atoms with Crippen LogP contribution in [0, 0.1) is 13.8 Å². The lowest BCUT2D eigenvalue weighted by Crippen LogP contribution is -2.56. The molecule has 0 spiro atoms. The van der Waals surface area contributed by atoms with Crippen LogP contribution in [-0.2, 0) is 9.59 Å². The van der Waals surface area contributed by atoms with Crippen LogP contribution in [-0.4, -0.2) is 18.4 Å². The zero-order valence-corrected chi connectivity index (χ0v) is 17.1. The predicted octanol–water partition coefficient (Wildman–Crippen LogP) is 5.08. The monoisotopic (exact) mass is 404 g/mol. The molecule has 0 radical (unpaired) electrons. The number of aryl methyl sites for hydroxylation is 1. The number of amides is 2. The Labute approximate surface area is 175 Å². The number of hydrogen-bond acceptors (Lipinski definition) is 2. The summed E-state index contributed by atoms with van der Waals surface area (Å²) >= 11 is 6.03. The van der Waals surface area contributed by atoms with Crippen LogP contribution in [0.2, 0.25) is 5.02 Å². The first-order valence-corrected chi connectivity index (χ1v) is 9.85. The molecule has 146 valence electrons. The summed E-state index contributed by atoms with van der Waals surface area (Å²) in [6, 6.07) is 21.5. The second-order valence-electron chi connectivity index (χ2n) is 7.20. The van der Waals surface area contributed by atoms with Gasteiger partial charge in [0.1, 0.15) is 12.6 Å². The highest BCUT2D eigenvalue weighted by molar-refractivity contribution is 6.30. The minimum Gasteiger partial charge on any atom is -0.301 e. The lowest BCUT2D eigenvalue weighted by Gasteiger charge is -2.41. The maximum Gasteiger partial charge on any atom is 0.255 e. The Morgan fingerprint density at radius 1 is 0.862 bits per heavy atom. The molecular formula is C24H21ClN2O2. The van der Waals surface area contributed by atoms with Gasteiger partial charge in [0.15, 0.2) is 0 Å². The molecule has 0 aromatic heterocycles. The number of piperazine rings is 1. The number of benzene rings is 3. The van der Waals surface area contributed by atoms with Gasteiger partial charge in [0.25, 0.3) is 5.91 Å². The van der Waals surface area contributed by atoms with E-state index in [1.165, 1.54) is 0 Å². The number of hydrogen-bond donors (Lipinski definition) is 0. The van der Waals surface area contributed by atoms with Crippen molar-refractivity contribution in [2.24, 2.45) is 0 Å². The zero-order valence-electron chi connectivity index (χ0n) is 16.3. The Morgan fingerprint density at radius 2 is 1.55 bits per heavy atom. The molecule has 2 amide bonds. The van der Waals surface area contributed by atoms with E-state index < -0.39 is 6.04 Å². The molecule has 1 aliphatic rings. The van der Waals surface area contributed by atoms with Crippen molar-refractivity contribution in [3.63, 3.8) is 0 Å². The normalized spacial score (nSPS) is 17.0. The SMILES string of the molecule is Cc1cccc(N2CC(=O)N(c3ccc(Cl)cc3)[C@@H](c3ccccc3)C2=O)c1C. The van der Waals surface area contributed by atoms with Gasteiger partial charge in [-0.3, -0.25) is 14.5 Å². The molecule has 1 heterocycles. The van der Waals surface area contributed by atoms with E-state index in [1.54, 1.807) is 34.1 Å². The average Bonchev–Trinajstić information content (AvgIpc) is 2.73. The number of carbonyl (C=O) groups is 2. The maximum absolute atomic E-state index is 13.7. The van der Waals surface area contributed by atoms with Crippen molar-refractivity contribution in [3.8, 4) is 0 Å². The second-order valence-corrected chi connectivity index (χ2v) is 7.63. The zero-order chi connectivity index (χ0) is 20.5. The molecule has 1 saturated heterocycles. The molecule has 1 fully saturated rings. The number of nitrogens with zero attached hydrogens (tertiary/aromatic N) is 2. The molecule has 3 aromatic carbocycles. The first kappa shape index (κ1) is 19.2.